The maximum Gasteiger partial charge on any atom is 0.253 e. The monoisotopic (exact) mass is 243 g/mol. The lowest BCUT2D eigenvalue weighted by Gasteiger charge is -2.14. The van der Waals surface area contributed by atoms with E-state index in [1.807, 2.05) is 0 Å². The van der Waals surface area contributed by atoms with Gasteiger partial charge >= 0.3 is 0 Å². The number of nitrogens with zero attached hydrogens (tertiary/aromatic N) is 2. The Morgan fingerprint density at radius 1 is 1.38 bits per heavy atom. The molecule has 0 bridgehead atoms. The SMILES string of the molecule is CC1N=C(N)N(C)C1=O.SC1CCCCC1. The summed E-state index contributed by atoms with van der Waals surface area (Å²) in [7, 11) is 1.62. The molecule has 0 aromatic rings. The molecule has 2 N–H and O–H groups in total. The van der Waals surface area contributed by atoms with Gasteiger partial charge in [0.05, 0.1) is 0 Å². The third kappa shape index (κ3) is 3.70. The highest BCUT2D eigenvalue weighted by atomic mass is 32.1. The first-order chi connectivity index (χ1) is 7.52. The van der Waals surface area contributed by atoms with E-state index >= 15 is 0 Å². The van der Waals surface area contributed by atoms with Gasteiger partial charge in [-0.25, -0.2) is 4.99 Å². The predicted octanol–water partition coefficient (Wildman–Crippen LogP) is 1.41. The number of hydrogen-bond donors (Lipinski definition) is 2. The standard InChI is InChI=1S/C6H12S.C5H9N3O/c7-6-4-2-1-3-5-6;1-3-4(9)8(2)5(6)7-3/h6-7H,1-5H2;3H,1-2H3,(H2,6,7). The quantitative estimate of drug-likeness (QED) is 0.632. The van der Waals surface area contributed by atoms with E-state index in [1.54, 1.807) is 14.0 Å². The molecule has 1 fully saturated rings. The van der Waals surface area contributed by atoms with Crippen LogP contribution in [0.25, 0.3) is 0 Å². The molecule has 0 radical (unpaired) electrons. The Balaban J connectivity index is 0.000000165. The molecule has 0 aromatic heterocycles. The van der Waals surface area contributed by atoms with Crippen LogP contribution in [0, 0.1) is 0 Å². The average molecular weight is 243 g/mol. The lowest BCUT2D eigenvalue weighted by molar-refractivity contribution is -0.126. The van der Waals surface area contributed by atoms with E-state index in [-0.39, 0.29) is 11.9 Å². The number of guanidine groups is 1. The molecule has 16 heavy (non-hydrogen) atoms. The molecule has 2 rings (SSSR count). The minimum atomic E-state index is -0.282. The molecule has 1 amide bonds. The van der Waals surface area contributed by atoms with Gasteiger partial charge in [0, 0.05) is 12.3 Å². The summed E-state index contributed by atoms with van der Waals surface area (Å²) in [5, 5.41) is 0.730. The highest BCUT2D eigenvalue weighted by Gasteiger charge is 2.25. The summed E-state index contributed by atoms with van der Waals surface area (Å²) in [6.45, 7) is 1.72. The molecule has 1 aliphatic carbocycles. The Morgan fingerprint density at radius 3 is 2.12 bits per heavy atom. The fourth-order valence-corrected chi connectivity index (χ4v) is 2.18. The number of hydrogen-bond acceptors (Lipinski definition) is 4. The van der Waals surface area contributed by atoms with Crippen molar-refractivity contribution in [2.75, 3.05) is 7.05 Å². The molecular weight excluding hydrogens is 222 g/mol. The van der Waals surface area contributed by atoms with Crippen LogP contribution in [0.4, 0.5) is 0 Å². The zero-order valence-electron chi connectivity index (χ0n) is 10.0. The van der Waals surface area contributed by atoms with Crippen molar-refractivity contribution in [3.05, 3.63) is 0 Å². The van der Waals surface area contributed by atoms with Gasteiger partial charge in [0.2, 0.25) is 0 Å². The first-order valence-corrected chi connectivity index (χ1v) is 6.33. The van der Waals surface area contributed by atoms with E-state index in [2.05, 4.69) is 17.6 Å². The third-order valence-corrected chi connectivity index (χ3v) is 3.45. The zero-order valence-corrected chi connectivity index (χ0v) is 10.9. The van der Waals surface area contributed by atoms with E-state index in [0.717, 1.165) is 5.25 Å². The molecule has 1 aliphatic heterocycles. The largest absolute Gasteiger partial charge is 0.369 e. The Labute approximate surface area is 103 Å². The average Bonchev–Trinajstić information content (AvgIpc) is 2.48. The van der Waals surface area contributed by atoms with Crippen LogP contribution in [0.15, 0.2) is 4.99 Å². The number of amides is 1. The summed E-state index contributed by atoms with van der Waals surface area (Å²) in [5.74, 6) is 0.278. The normalized spacial score (nSPS) is 26.2. The van der Waals surface area contributed by atoms with Crippen molar-refractivity contribution in [2.45, 2.75) is 50.3 Å². The number of carbonyl (C=O) groups is 1. The van der Waals surface area contributed by atoms with Crippen LogP contribution < -0.4 is 5.73 Å². The van der Waals surface area contributed by atoms with Crippen molar-refractivity contribution >= 4 is 24.5 Å². The Hall–Kier alpha value is -0.710. The summed E-state index contributed by atoms with van der Waals surface area (Å²) in [6.07, 6.45) is 6.96. The summed E-state index contributed by atoms with van der Waals surface area (Å²) in [4.78, 5) is 16.0. The van der Waals surface area contributed by atoms with Gasteiger partial charge in [0.15, 0.2) is 5.96 Å². The number of rotatable bonds is 0. The van der Waals surface area contributed by atoms with Crippen molar-refractivity contribution in [3.63, 3.8) is 0 Å². The Kier molecular flexibility index (Phi) is 5.12. The minimum Gasteiger partial charge on any atom is -0.369 e. The summed E-state index contributed by atoms with van der Waals surface area (Å²) in [5.41, 5.74) is 5.31. The Bertz CT molecular complexity index is 274. The fraction of sp³-hybridized carbons (Fsp3) is 0.818. The van der Waals surface area contributed by atoms with Crippen molar-refractivity contribution in [2.24, 2.45) is 10.7 Å². The van der Waals surface area contributed by atoms with E-state index in [1.165, 1.54) is 37.0 Å². The van der Waals surface area contributed by atoms with Gasteiger partial charge in [-0.05, 0) is 19.8 Å². The van der Waals surface area contributed by atoms with E-state index in [9.17, 15) is 4.79 Å². The molecule has 5 heteroatoms. The van der Waals surface area contributed by atoms with Crippen molar-refractivity contribution in [3.8, 4) is 0 Å². The van der Waals surface area contributed by atoms with Gasteiger partial charge in [0.25, 0.3) is 5.91 Å². The first-order valence-electron chi connectivity index (χ1n) is 5.81. The van der Waals surface area contributed by atoms with Crippen LogP contribution in [0.2, 0.25) is 0 Å². The third-order valence-electron chi connectivity index (χ3n) is 2.93. The number of likely N-dealkylation sites (N-methyl/N-ethyl adjacent to an activating group) is 1. The zero-order chi connectivity index (χ0) is 12.1. The maximum atomic E-state index is 10.8. The predicted molar refractivity (Wildman–Crippen MR) is 69.7 cm³/mol. The highest BCUT2D eigenvalue weighted by molar-refractivity contribution is 7.80. The van der Waals surface area contributed by atoms with Gasteiger partial charge in [-0.2, -0.15) is 12.6 Å². The first kappa shape index (κ1) is 13.4. The van der Waals surface area contributed by atoms with E-state index < -0.39 is 0 Å². The Morgan fingerprint density at radius 2 is 1.94 bits per heavy atom. The summed E-state index contributed by atoms with van der Waals surface area (Å²) >= 11 is 4.36. The van der Waals surface area contributed by atoms with Crippen LogP contribution in [0.5, 0.6) is 0 Å². The molecule has 0 saturated heterocycles. The van der Waals surface area contributed by atoms with E-state index in [0.29, 0.717) is 5.96 Å². The van der Waals surface area contributed by atoms with Crippen LogP contribution in [-0.2, 0) is 4.79 Å². The van der Waals surface area contributed by atoms with Crippen LogP contribution in [0.1, 0.15) is 39.0 Å². The van der Waals surface area contributed by atoms with Crippen LogP contribution in [-0.4, -0.2) is 35.1 Å². The molecule has 1 unspecified atom stereocenters. The molecule has 0 aromatic carbocycles. The topological polar surface area (TPSA) is 58.7 Å². The summed E-state index contributed by atoms with van der Waals surface area (Å²) < 4.78 is 0. The van der Waals surface area contributed by atoms with Crippen molar-refractivity contribution in [1.29, 1.82) is 0 Å². The second-order valence-electron chi connectivity index (χ2n) is 4.35. The maximum absolute atomic E-state index is 10.8. The van der Waals surface area contributed by atoms with Gasteiger partial charge in [-0.15, -0.1) is 0 Å². The fourth-order valence-electron chi connectivity index (χ4n) is 1.81. The highest BCUT2D eigenvalue weighted by Crippen LogP contribution is 2.21. The smallest absolute Gasteiger partial charge is 0.253 e. The second-order valence-corrected chi connectivity index (χ2v) is 5.08. The van der Waals surface area contributed by atoms with Gasteiger partial charge in [0.1, 0.15) is 6.04 Å². The van der Waals surface area contributed by atoms with Crippen molar-refractivity contribution < 1.29 is 4.79 Å². The number of nitrogens with two attached hydrogens (primary N) is 1. The minimum absolute atomic E-state index is 0.0347. The molecular formula is C11H21N3OS. The molecule has 1 saturated carbocycles. The summed E-state index contributed by atoms with van der Waals surface area (Å²) in [6, 6.07) is -0.282. The molecule has 2 aliphatic rings. The number of aliphatic imine (C=N–C) groups is 1. The lowest BCUT2D eigenvalue weighted by Crippen LogP contribution is -2.34. The molecule has 0 spiro atoms. The number of carbonyl (C=O) groups excluding carboxylic acids is 1. The second kappa shape index (κ2) is 6.13. The van der Waals surface area contributed by atoms with Crippen LogP contribution in [0.3, 0.4) is 0 Å². The van der Waals surface area contributed by atoms with Crippen molar-refractivity contribution in [1.82, 2.24) is 4.90 Å². The molecule has 92 valence electrons. The molecule has 1 heterocycles. The molecule has 1 atom stereocenters. The van der Waals surface area contributed by atoms with Gasteiger partial charge in [-0.3, -0.25) is 9.69 Å². The molecule has 4 nitrogen and oxygen atoms in total. The number of thiol groups is 1. The van der Waals surface area contributed by atoms with Crippen LogP contribution >= 0.6 is 12.6 Å². The van der Waals surface area contributed by atoms with Gasteiger partial charge in [-0.1, -0.05) is 19.3 Å². The van der Waals surface area contributed by atoms with Gasteiger partial charge < -0.3 is 5.73 Å². The lowest BCUT2D eigenvalue weighted by atomic mass is 10.0. The van der Waals surface area contributed by atoms with E-state index in [4.69, 9.17) is 5.73 Å².